The number of ether oxygens (including phenoxy) is 6. The van der Waals surface area contributed by atoms with Crippen molar-refractivity contribution in [2.75, 3.05) is 91.6 Å². The van der Waals surface area contributed by atoms with Gasteiger partial charge < -0.3 is 54.2 Å². The third kappa shape index (κ3) is 21.7. The number of nitrogens with zero attached hydrogens (tertiary/aromatic N) is 2. The Hall–Kier alpha value is -2.31. The molecule has 4 atom stereocenters. The van der Waals surface area contributed by atoms with Gasteiger partial charge in [0.15, 0.2) is 0 Å². The van der Waals surface area contributed by atoms with Crippen molar-refractivity contribution in [3.05, 3.63) is 22.7 Å². The fourth-order valence-corrected chi connectivity index (χ4v) is 5.73. The highest BCUT2D eigenvalue weighted by Gasteiger charge is 2.43. The first-order valence-corrected chi connectivity index (χ1v) is 19.4. The smallest absolute Gasteiger partial charge is 0.383 e. The van der Waals surface area contributed by atoms with Gasteiger partial charge in [-0.25, -0.2) is 13.9 Å². The van der Waals surface area contributed by atoms with Gasteiger partial charge in [-0.3, -0.25) is 22.9 Å². The molecule has 1 saturated heterocycles. The third-order valence-corrected chi connectivity index (χ3v) is 8.34. The van der Waals surface area contributed by atoms with Crippen molar-refractivity contribution in [3.8, 4) is 12.3 Å². The van der Waals surface area contributed by atoms with Crippen LogP contribution in [-0.2, 0) is 55.9 Å². The largest absolute Gasteiger partial charge is 0.472 e. The zero-order valence-electron chi connectivity index (χ0n) is 28.4. The minimum atomic E-state index is -4.90. The molecule has 0 aromatic carbocycles. The van der Waals surface area contributed by atoms with Crippen LogP contribution in [0.4, 0.5) is 5.82 Å². The lowest BCUT2D eigenvalue weighted by Crippen LogP contribution is -2.29. The Morgan fingerprint density at radius 3 is 2.16 bits per heavy atom. The van der Waals surface area contributed by atoms with Crippen molar-refractivity contribution >= 4 is 27.4 Å². The van der Waals surface area contributed by atoms with Gasteiger partial charge in [0.05, 0.1) is 72.7 Å². The predicted octanol–water partition coefficient (Wildman–Crippen LogP) is 0.507. The molecule has 1 aliphatic heterocycles. The number of aromatic nitrogens is 2. The van der Waals surface area contributed by atoms with Crippen molar-refractivity contribution in [2.45, 2.75) is 57.0 Å². The van der Waals surface area contributed by atoms with Crippen LogP contribution in [-0.4, -0.2) is 128 Å². The molecule has 1 aliphatic rings. The number of nitrogens with two attached hydrogens (primary N) is 1. The monoisotopic (exact) mass is 772 g/mol. The average Bonchev–Trinajstić information content (AvgIpc) is 3.45. The van der Waals surface area contributed by atoms with Crippen LogP contribution in [0.2, 0.25) is 0 Å². The van der Waals surface area contributed by atoms with E-state index in [2.05, 4.69) is 20.7 Å². The van der Waals surface area contributed by atoms with Crippen molar-refractivity contribution < 1.29 is 70.6 Å². The number of nitrogens with one attached hydrogen (secondary N) is 1. The number of nitrogen functional groups attached to an aromatic ring is 1. The summed E-state index contributed by atoms with van der Waals surface area (Å²) in [5, 5.41) is 2.81. The highest BCUT2D eigenvalue weighted by Crippen LogP contribution is 2.49. The topological polar surface area (TPSA) is 268 Å². The molecule has 0 bridgehead atoms. The van der Waals surface area contributed by atoms with Crippen LogP contribution < -0.4 is 16.7 Å². The first-order valence-electron chi connectivity index (χ1n) is 16.3. The molecular weight excluding hydrogens is 722 g/mol. The summed E-state index contributed by atoms with van der Waals surface area (Å²) in [5.41, 5.74) is 4.74. The molecule has 1 fully saturated rings. The number of terminal acetylenes is 1. The summed E-state index contributed by atoms with van der Waals surface area (Å²) < 4.78 is 71.9. The van der Waals surface area contributed by atoms with Gasteiger partial charge in [0.2, 0.25) is 5.91 Å². The van der Waals surface area contributed by atoms with Crippen LogP contribution in [0.25, 0.3) is 0 Å². The maximum absolute atomic E-state index is 12.6. The lowest BCUT2D eigenvalue weighted by Gasteiger charge is -2.21. The summed E-state index contributed by atoms with van der Waals surface area (Å²) in [4.78, 5) is 56.2. The summed E-state index contributed by atoms with van der Waals surface area (Å²) >= 11 is 0. The number of amides is 1. The molecule has 0 spiro atoms. The summed E-state index contributed by atoms with van der Waals surface area (Å²) in [5.74, 6) is 2.20. The van der Waals surface area contributed by atoms with E-state index in [4.69, 9.17) is 59.4 Å². The molecule has 1 aromatic rings. The van der Waals surface area contributed by atoms with Gasteiger partial charge in [-0.1, -0.05) is 18.8 Å². The molecule has 1 amide bonds. The van der Waals surface area contributed by atoms with E-state index in [1.54, 1.807) is 0 Å². The first-order chi connectivity index (χ1) is 24.4. The Labute approximate surface area is 296 Å². The van der Waals surface area contributed by atoms with E-state index in [1.807, 2.05) is 0 Å². The van der Waals surface area contributed by atoms with Gasteiger partial charge in [0, 0.05) is 25.6 Å². The lowest BCUT2D eigenvalue weighted by atomic mass is 10.2. The molecule has 292 valence electrons. The Kier molecular flexibility index (Phi) is 22.5. The maximum atomic E-state index is 12.6. The van der Waals surface area contributed by atoms with Gasteiger partial charge in [0.25, 0.3) is 0 Å². The molecule has 20 nitrogen and oxygen atoms in total. The number of unbranched alkanes of at least 4 members (excludes halogenated alkanes) is 3. The quantitative estimate of drug-likeness (QED) is 0.0405. The molecule has 2 heterocycles. The highest BCUT2D eigenvalue weighted by molar-refractivity contribution is 7.47. The Bertz CT molecular complexity index is 1330. The normalized spacial score (nSPS) is 18.7. The Morgan fingerprint density at radius 1 is 0.941 bits per heavy atom. The van der Waals surface area contributed by atoms with Crippen molar-refractivity contribution in [1.29, 1.82) is 0 Å². The summed E-state index contributed by atoms with van der Waals surface area (Å²) in [6, 6.07) is 1.34. The van der Waals surface area contributed by atoms with Crippen LogP contribution in [0.5, 0.6) is 0 Å². The Morgan fingerprint density at radius 2 is 1.55 bits per heavy atom. The molecule has 0 saturated carbocycles. The van der Waals surface area contributed by atoms with Gasteiger partial charge in [0.1, 0.15) is 30.9 Å². The van der Waals surface area contributed by atoms with Crippen LogP contribution in [0.1, 0.15) is 44.8 Å². The second kappa shape index (κ2) is 25.6. The maximum Gasteiger partial charge on any atom is 0.472 e. The molecule has 1 aromatic heterocycles. The number of hydrogen-bond donors (Lipinski definition) is 5. The zero-order chi connectivity index (χ0) is 37.4. The second-order valence-electron chi connectivity index (χ2n) is 10.9. The van der Waals surface area contributed by atoms with E-state index in [0.29, 0.717) is 78.7 Å². The molecule has 2 rings (SSSR count). The fraction of sp³-hybridized carbons (Fsp3) is 0.759. The van der Waals surface area contributed by atoms with Crippen molar-refractivity contribution in [1.82, 2.24) is 14.9 Å². The van der Waals surface area contributed by atoms with E-state index < -0.39 is 46.4 Å². The average molecular weight is 773 g/mol. The van der Waals surface area contributed by atoms with Gasteiger partial charge in [-0.2, -0.15) is 4.98 Å². The molecule has 2 unspecified atom stereocenters. The number of carbonyl (C=O) groups is 1. The minimum absolute atomic E-state index is 0.0290. The van der Waals surface area contributed by atoms with Crippen LogP contribution in [0.15, 0.2) is 17.1 Å². The molecular formula is C29H50N4O16P2. The van der Waals surface area contributed by atoms with Gasteiger partial charge in [-0.15, -0.1) is 6.42 Å². The molecule has 0 aliphatic carbocycles. The third-order valence-electron chi connectivity index (χ3n) is 6.81. The second-order valence-corrected chi connectivity index (χ2v) is 13.5. The van der Waals surface area contributed by atoms with E-state index in [1.165, 1.54) is 12.3 Å². The lowest BCUT2D eigenvalue weighted by molar-refractivity contribution is -0.122. The number of hydrogen-bond acceptors (Lipinski definition) is 15. The van der Waals surface area contributed by atoms with Crippen LogP contribution >= 0.6 is 15.6 Å². The summed E-state index contributed by atoms with van der Waals surface area (Å²) in [6.07, 6.45) is 5.41. The first kappa shape index (κ1) is 44.8. The van der Waals surface area contributed by atoms with E-state index in [0.717, 1.165) is 11.0 Å². The molecule has 0 radical (unpaired) electrons. The van der Waals surface area contributed by atoms with E-state index in [9.17, 15) is 23.6 Å². The standard InChI is InChI=1S/C29H50N4O16P2/c1-2-11-41-14-16-43-18-20-45-21-19-44-17-15-42-13-8-27(34)31-9-5-3-4-6-12-46-51(39,40)49-24-22-28(33-10-7-26(30)32-29(33)35)48-25(24)23-47-50(36,37)38/h1,7,10,24-25,28H,3-6,8-9,11-23H2,(H,31,34)(H,39,40)(H2,30,32,35)(H2,36,37,38)/t24-,25?,28-/m1/s1. The number of carbonyl (C=O) groups excluding carboxylic acids is 1. The number of anilines is 1. The minimum Gasteiger partial charge on any atom is -0.383 e. The zero-order valence-corrected chi connectivity index (χ0v) is 30.2. The SMILES string of the molecule is C#CCOCCOCCOCCOCCOCCC(=O)NCCCCCCOP(=O)(O)O[C@@H]1C[C@H](n2ccc(N)nc2=O)OC1COP(=O)(O)O. The number of rotatable bonds is 30. The Balaban J connectivity index is 1.49. The molecule has 22 heteroatoms. The van der Waals surface area contributed by atoms with Crippen molar-refractivity contribution in [2.24, 2.45) is 0 Å². The van der Waals surface area contributed by atoms with E-state index in [-0.39, 0.29) is 44.4 Å². The number of phosphoric ester groups is 2. The number of phosphoric acid groups is 2. The fourth-order valence-electron chi connectivity index (χ4n) is 4.40. The van der Waals surface area contributed by atoms with Gasteiger partial charge >= 0.3 is 21.3 Å². The predicted molar refractivity (Wildman–Crippen MR) is 179 cm³/mol. The van der Waals surface area contributed by atoms with Crippen molar-refractivity contribution in [3.63, 3.8) is 0 Å². The van der Waals surface area contributed by atoms with Gasteiger partial charge in [-0.05, 0) is 18.9 Å². The molecule has 6 N–H and O–H groups in total. The molecule has 51 heavy (non-hydrogen) atoms. The highest BCUT2D eigenvalue weighted by atomic mass is 31.2. The summed E-state index contributed by atoms with van der Waals surface area (Å²) in [7, 11) is -9.53. The van der Waals surface area contributed by atoms with Crippen LogP contribution in [0.3, 0.4) is 0 Å². The van der Waals surface area contributed by atoms with Crippen LogP contribution in [0, 0.1) is 12.3 Å². The van der Waals surface area contributed by atoms with E-state index >= 15 is 0 Å². The summed E-state index contributed by atoms with van der Waals surface area (Å²) in [6.45, 7) is 3.56.